The van der Waals surface area contributed by atoms with Gasteiger partial charge in [-0.1, -0.05) is 24.2 Å². The van der Waals surface area contributed by atoms with Crippen molar-refractivity contribution in [1.82, 2.24) is 5.32 Å². The number of nitrogens with zero attached hydrogens (tertiary/aromatic N) is 1. The molecule has 0 aromatic heterocycles. The Balaban J connectivity index is 1.99. The molecule has 19 heavy (non-hydrogen) atoms. The third-order valence-electron chi connectivity index (χ3n) is 2.91. The quantitative estimate of drug-likeness (QED) is 0.878. The van der Waals surface area contributed by atoms with Gasteiger partial charge in [0.05, 0.1) is 12.8 Å². The van der Waals surface area contributed by atoms with Crippen molar-refractivity contribution in [2.45, 2.75) is 25.9 Å². The van der Waals surface area contributed by atoms with Crippen molar-refractivity contribution < 1.29 is 14.4 Å². The first-order valence-corrected chi connectivity index (χ1v) is 6.39. The monoisotopic (exact) mass is 262 g/mol. The number of ether oxygens (including phenoxy) is 1. The first kappa shape index (κ1) is 13.4. The van der Waals surface area contributed by atoms with Gasteiger partial charge in [-0.05, 0) is 18.6 Å². The van der Waals surface area contributed by atoms with Crippen molar-refractivity contribution in [3.05, 3.63) is 29.8 Å². The lowest BCUT2D eigenvalue weighted by atomic mass is 10.0. The number of carbonyl (C=O) groups excluding carboxylic acids is 1. The highest BCUT2D eigenvalue weighted by Gasteiger charge is 2.28. The van der Waals surface area contributed by atoms with E-state index >= 15 is 0 Å². The first-order valence-electron chi connectivity index (χ1n) is 6.39. The fraction of sp³-hybridized carbons (Fsp3) is 0.429. The highest BCUT2D eigenvalue weighted by molar-refractivity contribution is 6.04. The molecule has 0 aliphatic carbocycles. The minimum atomic E-state index is -0.521. The van der Waals surface area contributed by atoms with Crippen molar-refractivity contribution in [1.29, 1.82) is 0 Å². The minimum absolute atomic E-state index is 0.108. The molecule has 2 rings (SSSR count). The Hall–Kier alpha value is -2.04. The molecule has 1 atom stereocenters. The predicted octanol–water partition coefficient (Wildman–Crippen LogP) is 1.71. The topological polar surface area (TPSA) is 59.9 Å². The van der Waals surface area contributed by atoms with Crippen LogP contribution in [0.1, 0.15) is 25.3 Å². The second kappa shape index (κ2) is 6.22. The highest BCUT2D eigenvalue weighted by Crippen LogP contribution is 2.20. The molecule has 1 aliphatic heterocycles. The molecule has 0 saturated carbocycles. The first-order chi connectivity index (χ1) is 9.24. The Morgan fingerprint density at radius 1 is 1.58 bits per heavy atom. The number of benzene rings is 1. The van der Waals surface area contributed by atoms with E-state index in [0.717, 1.165) is 23.4 Å². The van der Waals surface area contributed by atoms with E-state index in [9.17, 15) is 4.79 Å². The normalized spacial score (nSPS) is 17.6. The van der Waals surface area contributed by atoms with Gasteiger partial charge in [0.15, 0.2) is 0 Å². The van der Waals surface area contributed by atoms with Crippen LogP contribution in [0.15, 0.2) is 29.4 Å². The van der Waals surface area contributed by atoms with Gasteiger partial charge in [-0.2, -0.15) is 0 Å². The van der Waals surface area contributed by atoms with Crippen molar-refractivity contribution in [3.63, 3.8) is 0 Å². The van der Waals surface area contributed by atoms with E-state index in [2.05, 4.69) is 10.5 Å². The van der Waals surface area contributed by atoms with Crippen molar-refractivity contribution >= 4 is 11.6 Å². The summed E-state index contributed by atoms with van der Waals surface area (Å²) in [5, 5.41) is 6.80. The maximum Gasteiger partial charge on any atom is 0.264 e. The largest absolute Gasteiger partial charge is 0.497 e. The number of methoxy groups -OCH3 is 1. The fourth-order valence-corrected chi connectivity index (χ4v) is 1.85. The zero-order valence-electron chi connectivity index (χ0n) is 11.2. The van der Waals surface area contributed by atoms with Gasteiger partial charge in [-0.3, -0.25) is 4.79 Å². The number of hydrogen-bond donors (Lipinski definition) is 1. The third kappa shape index (κ3) is 3.24. The summed E-state index contributed by atoms with van der Waals surface area (Å²) >= 11 is 0. The summed E-state index contributed by atoms with van der Waals surface area (Å²) in [6.45, 7) is 2.67. The van der Waals surface area contributed by atoms with Crippen LogP contribution < -0.4 is 10.1 Å². The van der Waals surface area contributed by atoms with E-state index in [1.54, 1.807) is 7.11 Å². The summed E-state index contributed by atoms with van der Waals surface area (Å²) in [6.07, 6.45) is 0.873. The maximum absolute atomic E-state index is 11.8. The molecule has 1 aromatic carbocycles. The van der Waals surface area contributed by atoms with Crippen molar-refractivity contribution in [2.24, 2.45) is 5.16 Å². The van der Waals surface area contributed by atoms with Gasteiger partial charge in [-0.25, -0.2) is 0 Å². The standard InChI is InChI=1S/C14H18N2O3/c1-3-7-15-14(17)13-9-12(16-19-13)10-5-4-6-11(8-10)18-2/h4-6,8,13H,3,7,9H2,1-2H3,(H,15,17)/t13-/m1/s1. The zero-order valence-corrected chi connectivity index (χ0v) is 11.2. The average molecular weight is 262 g/mol. The molecule has 0 saturated heterocycles. The Labute approximate surface area is 112 Å². The molecule has 1 amide bonds. The summed E-state index contributed by atoms with van der Waals surface area (Å²) in [4.78, 5) is 17.0. The maximum atomic E-state index is 11.8. The van der Waals surface area contributed by atoms with Crippen LogP contribution in [0.5, 0.6) is 5.75 Å². The number of carbonyl (C=O) groups is 1. The summed E-state index contributed by atoms with van der Waals surface area (Å²) < 4.78 is 5.17. The van der Waals surface area contributed by atoms with Crippen LogP contribution in [-0.2, 0) is 9.63 Å². The fourth-order valence-electron chi connectivity index (χ4n) is 1.85. The summed E-state index contributed by atoms with van der Waals surface area (Å²) in [6, 6.07) is 7.57. The van der Waals surface area contributed by atoms with Gasteiger partial charge >= 0.3 is 0 Å². The lowest BCUT2D eigenvalue weighted by Crippen LogP contribution is -2.35. The third-order valence-corrected chi connectivity index (χ3v) is 2.91. The van der Waals surface area contributed by atoms with Gasteiger partial charge in [0.25, 0.3) is 5.91 Å². The summed E-state index contributed by atoms with van der Waals surface area (Å²) in [5.41, 5.74) is 1.70. The highest BCUT2D eigenvalue weighted by atomic mass is 16.6. The number of oxime groups is 1. The minimum Gasteiger partial charge on any atom is -0.497 e. The molecule has 102 valence electrons. The molecule has 1 N–H and O–H groups in total. The molecular weight excluding hydrogens is 244 g/mol. The number of hydrogen-bond acceptors (Lipinski definition) is 4. The smallest absolute Gasteiger partial charge is 0.264 e. The van der Waals surface area contributed by atoms with E-state index in [1.807, 2.05) is 31.2 Å². The lowest BCUT2D eigenvalue weighted by Gasteiger charge is -2.08. The molecule has 0 fully saturated rings. The van der Waals surface area contributed by atoms with Gasteiger partial charge in [0, 0.05) is 18.5 Å². The Morgan fingerprint density at radius 2 is 2.42 bits per heavy atom. The Morgan fingerprint density at radius 3 is 3.16 bits per heavy atom. The Bertz CT molecular complexity index is 485. The van der Waals surface area contributed by atoms with E-state index in [1.165, 1.54) is 0 Å². The van der Waals surface area contributed by atoms with Crippen LogP contribution in [-0.4, -0.2) is 31.4 Å². The second-order valence-electron chi connectivity index (χ2n) is 4.36. The van der Waals surface area contributed by atoms with E-state index < -0.39 is 6.10 Å². The van der Waals surface area contributed by atoms with Crippen LogP contribution in [0.2, 0.25) is 0 Å². The second-order valence-corrected chi connectivity index (χ2v) is 4.36. The predicted molar refractivity (Wildman–Crippen MR) is 72.3 cm³/mol. The van der Waals surface area contributed by atoms with Gasteiger partial charge in [0.1, 0.15) is 5.75 Å². The zero-order chi connectivity index (χ0) is 13.7. The van der Waals surface area contributed by atoms with E-state index in [4.69, 9.17) is 9.57 Å². The molecule has 0 spiro atoms. The van der Waals surface area contributed by atoms with Gasteiger partial charge in [-0.15, -0.1) is 0 Å². The van der Waals surface area contributed by atoms with Crippen molar-refractivity contribution in [2.75, 3.05) is 13.7 Å². The van der Waals surface area contributed by atoms with Gasteiger partial charge < -0.3 is 14.9 Å². The molecule has 5 heteroatoms. The molecule has 0 bridgehead atoms. The van der Waals surface area contributed by atoms with Crippen molar-refractivity contribution in [3.8, 4) is 5.75 Å². The molecular formula is C14H18N2O3. The van der Waals surface area contributed by atoms with Gasteiger partial charge in [0.2, 0.25) is 6.10 Å². The molecule has 1 aliphatic rings. The van der Waals surface area contributed by atoms with Crippen LogP contribution in [0.3, 0.4) is 0 Å². The molecule has 5 nitrogen and oxygen atoms in total. The molecule has 1 aromatic rings. The lowest BCUT2D eigenvalue weighted by molar-refractivity contribution is -0.131. The summed E-state index contributed by atoms with van der Waals surface area (Å²) in [5.74, 6) is 0.655. The van der Waals surface area contributed by atoms with Crippen LogP contribution in [0, 0.1) is 0 Å². The van der Waals surface area contributed by atoms with Crippen LogP contribution >= 0.6 is 0 Å². The molecule has 0 unspecified atom stereocenters. The Kier molecular flexibility index (Phi) is 4.39. The molecule has 0 radical (unpaired) electrons. The van der Waals surface area contributed by atoms with E-state index in [0.29, 0.717) is 13.0 Å². The molecule has 1 heterocycles. The van der Waals surface area contributed by atoms with Crippen LogP contribution in [0.4, 0.5) is 0 Å². The number of amides is 1. The number of nitrogens with one attached hydrogen (secondary N) is 1. The van der Waals surface area contributed by atoms with Crippen LogP contribution in [0.25, 0.3) is 0 Å². The SMILES string of the molecule is CCCNC(=O)[C@H]1CC(c2cccc(OC)c2)=NO1. The van der Waals surface area contributed by atoms with E-state index in [-0.39, 0.29) is 5.91 Å². The average Bonchev–Trinajstić information content (AvgIpc) is 2.94. The number of rotatable bonds is 5. The summed E-state index contributed by atoms with van der Waals surface area (Å²) in [7, 11) is 1.62.